The standard InChI is InChI=1S/C18H18F2N2O3/c1-4-15(23)21-11-5-7-13(10(2)9-11)22-18(24)16-14(25-3)8-6-12(19)17(16)20/h5-9H,4H2,1-3H3,(H,21,23)(H,22,24). The number of amides is 2. The van der Waals surface area contributed by atoms with Gasteiger partial charge in [-0.05, 0) is 42.8 Å². The van der Waals surface area contributed by atoms with E-state index in [1.165, 1.54) is 13.2 Å². The summed E-state index contributed by atoms with van der Waals surface area (Å²) in [5, 5.41) is 5.22. The summed E-state index contributed by atoms with van der Waals surface area (Å²) < 4.78 is 32.3. The zero-order valence-electron chi connectivity index (χ0n) is 14.1. The number of aryl methyl sites for hydroxylation is 1. The Kier molecular flexibility index (Phi) is 5.69. The third-order valence-corrected chi connectivity index (χ3v) is 3.58. The lowest BCUT2D eigenvalue weighted by Gasteiger charge is -2.13. The quantitative estimate of drug-likeness (QED) is 0.862. The summed E-state index contributed by atoms with van der Waals surface area (Å²) in [6, 6.07) is 6.92. The first-order valence-corrected chi connectivity index (χ1v) is 7.61. The van der Waals surface area contributed by atoms with Gasteiger partial charge in [0.05, 0.1) is 7.11 Å². The fourth-order valence-electron chi connectivity index (χ4n) is 2.23. The molecule has 0 spiro atoms. The zero-order valence-corrected chi connectivity index (χ0v) is 14.1. The summed E-state index contributed by atoms with van der Waals surface area (Å²) in [6.07, 6.45) is 0.343. The van der Waals surface area contributed by atoms with Gasteiger partial charge in [0.15, 0.2) is 11.6 Å². The molecule has 0 unspecified atom stereocenters. The van der Waals surface area contributed by atoms with Crippen molar-refractivity contribution in [3.63, 3.8) is 0 Å². The van der Waals surface area contributed by atoms with Gasteiger partial charge >= 0.3 is 0 Å². The number of methoxy groups -OCH3 is 1. The SMILES string of the molecule is CCC(=O)Nc1ccc(NC(=O)c2c(OC)ccc(F)c2F)c(C)c1. The smallest absolute Gasteiger partial charge is 0.262 e. The molecule has 0 saturated heterocycles. The van der Waals surface area contributed by atoms with Crippen molar-refractivity contribution in [3.05, 3.63) is 53.1 Å². The molecule has 25 heavy (non-hydrogen) atoms. The number of ether oxygens (including phenoxy) is 1. The molecule has 2 rings (SSSR count). The molecule has 132 valence electrons. The van der Waals surface area contributed by atoms with E-state index in [0.717, 1.165) is 6.07 Å². The lowest BCUT2D eigenvalue weighted by molar-refractivity contribution is -0.115. The molecular formula is C18H18F2N2O3. The maximum atomic E-state index is 14.0. The lowest BCUT2D eigenvalue weighted by Crippen LogP contribution is -2.17. The average Bonchev–Trinajstić information content (AvgIpc) is 2.59. The molecular weight excluding hydrogens is 330 g/mol. The summed E-state index contributed by atoms with van der Waals surface area (Å²) in [4.78, 5) is 23.8. The van der Waals surface area contributed by atoms with E-state index in [2.05, 4.69) is 10.6 Å². The Bertz CT molecular complexity index is 822. The topological polar surface area (TPSA) is 67.4 Å². The molecule has 2 N–H and O–H groups in total. The highest BCUT2D eigenvalue weighted by Crippen LogP contribution is 2.26. The highest BCUT2D eigenvalue weighted by Gasteiger charge is 2.21. The Balaban J connectivity index is 2.27. The van der Waals surface area contributed by atoms with E-state index in [1.807, 2.05) is 0 Å². The number of hydrogen-bond donors (Lipinski definition) is 2. The lowest BCUT2D eigenvalue weighted by atomic mass is 10.1. The van der Waals surface area contributed by atoms with E-state index in [-0.39, 0.29) is 11.7 Å². The first-order valence-electron chi connectivity index (χ1n) is 7.61. The van der Waals surface area contributed by atoms with Crippen LogP contribution in [0.5, 0.6) is 5.75 Å². The number of nitrogens with one attached hydrogen (secondary N) is 2. The number of benzene rings is 2. The van der Waals surface area contributed by atoms with Gasteiger partial charge in [0.1, 0.15) is 11.3 Å². The van der Waals surface area contributed by atoms with Crippen molar-refractivity contribution in [3.8, 4) is 5.75 Å². The van der Waals surface area contributed by atoms with E-state index < -0.39 is 23.1 Å². The van der Waals surface area contributed by atoms with Crippen molar-refractivity contribution in [1.29, 1.82) is 0 Å². The number of carbonyl (C=O) groups excluding carboxylic acids is 2. The molecule has 0 radical (unpaired) electrons. The second-order valence-electron chi connectivity index (χ2n) is 5.32. The largest absolute Gasteiger partial charge is 0.496 e. The number of anilines is 2. The number of rotatable bonds is 5. The van der Waals surface area contributed by atoms with Gasteiger partial charge in [-0.15, -0.1) is 0 Å². The molecule has 0 aliphatic carbocycles. The van der Waals surface area contributed by atoms with Gasteiger partial charge in [-0.2, -0.15) is 0 Å². The average molecular weight is 348 g/mol. The molecule has 0 aliphatic rings. The van der Waals surface area contributed by atoms with Crippen LogP contribution in [0.1, 0.15) is 29.3 Å². The monoisotopic (exact) mass is 348 g/mol. The summed E-state index contributed by atoms with van der Waals surface area (Å²) >= 11 is 0. The Morgan fingerprint density at radius 1 is 1.12 bits per heavy atom. The van der Waals surface area contributed by atoms with Gasteiger partial charge in [-0.1, -0.05) is 6.92 Å². The normalized spacial score (nSPS) is 10.3. The second kappa shape index (κ2) is 7.74. The minimum Gasteiger partial charge on any atom is -0.496 e. The van der Waals surface area contributed by atoms with E-state index >= 15 is 0 Å². The minimum atomic E-state index is -1.28. The van der Waals surface area contributed by atoms with Gasteiger partial charge in [0.2, 0.25) is 5.91 Å². The first kappa shape index (κ1) is 18.4. The third-order valence-electron chi connectivity index (χ3n) is 3.58. The molecule has 0 bridgehead atoms. The molecule has 5 nitrogen and oxygen atoms in total. The van der Waals surface area contributed by atoms with Crippen molar-refractivity contribution in [2.45, 2.75) is 20.3 Å². The molecule has 2 aromatic rings. The van der Waals surface area contributed by atoms with E-state index in [4.69, 9.17) is 4.74 Å². The third kappa shape index (κ3) is 4.12. The Labute approximate surface area is 144 Å². The van der Waals surface area contributed by atoms with E-state index in [1.54, 1.807) is 32.0 Å². The van der Waals surface area contributed by atoms with Crippen molar-refractivity contribution in [2.24, 2.45) is 0 Å². The summed E-state index contributed by atoms with van der Waals surface area (Å²) in [7, 11) is 1.26. The van der Waals surface area contributed by atoms with Crippen LogP contribution in [0.2, 0.25) is 0 Å². The van der Waals surface area contributed by atoms with E-state index in [9.17, 15) is 18.4 Å². The van der Waals surface area contributed by atoms with Crippen molar-refractivity contribution >= 4 is 23.2 Å². The molecule has 0 fully saturated rings. The van der Waals surface area contributed by atoms with Crippen LogP contribution < -0.4 is 15.4 Å². The first-order chi connectivity index (χ1) is 11.9. The summed E-state index contributed by atoms with van der Waals surface area (Å²) in [5.74, 6) is -3.45. The maximum absolute atomic E-state index is 14.0. The van der Waals surface area contributed by atoms with Gasteiger partial charge in [-0.3, -0.25) is 9.59 Å². The Hall–Kier alpha value is -2.96. The highest BCUT2D eigenvalue weighted by molar-refractivity contribution is 6.07. The molecule has 2 aromatic carbocycles. The van der Waals surface area contributed by atoms with Crippen LogP contribution in [0, 0.1) is 18.6 Å². The Morgan fingerprint density at radius 2 is 1.84 bits per heavy atom. The number of carbonyl (C=O) groups is 2. The van der Waals surface area contributed by atoms with Crippen LogP contribution in [-0.2, 0) is 4.79 Å². The van der Waals surface area contributed by atoms with Gasteiger partial charge < -0.3 is 15.4 Å². The second-order valence-corrected chi connectivity index (χ2v) is 5.32. The summed E-state index contributed by atoms with van der Waals surface area (Å²) in [5.41, 5.74) is 1.13. The van der Waals surface area contributed by atoms with Gasteiger partial charge in [0.25, 0.3) is 5.91 Å². The van der Waals surface area contributed by atoms with Gasteiger partial charge in [0, 0.05) is 17.8 Å². The van der Waals surface area contributed by atoms with E-state index in [0.29, 0.717) is 23.4 Å². The van der Waals surface area contributed by atoms with Crippen LogP contribution in [0.4, 0.5) is 20.2 Å². The molecule has 7 heteroatoms. The zero-order chi connectivity index (χ0) is 18.6. The van der Waals surface area contributed by atoms with Gasteiger partial charge in [-0.25, -0.2) is 8.78 Å². The van der Waals surface area contributed by atoms with Crippen LogP contribution in [0.15, 0.2) is 30.3 Å². The maximum Gasteiger partial charge on any atom is 0.262 e. The fourth-order valence-corrected chi connectivity index (χ4v) is 2.23. The number of hydrogen-bond acceptors (Lipinski definition) is 3. The Morgan fingerprint density at radius 3 is 2.44 bits per heavy atom. The summed E-state index contributed by atoms with van der Waals surface area (Å²) in [6.45, 7) is 3.45. The molecule has 2 amide bonds. The molecule has 0 aliphatic heterocycles. The number of halogens is 2. The molecule has 0 heterocycles. The van der Waals surface area contributed by atoms with Crippen LogP contribution >= 0.6 is 0 Å². The molecule has 0 atom stereocenters. The van der Waals surface area contributed by atoms with Crippen LogP contribution in [0.3, 0.4) is 0 Å². The van der Waals surface area contributed by atoms with Crippen molar-refractivity contribution in [2.75, 3.05) is 17.7 Å². The van der Waals surface area contributed by atoms with Crippen LogP contribution in [0.25, 0.3) is 0 Å². The van der Waals surface area contributed by atoms with Crippen LogP contribution in [-0.4, -0.2) is 18.9 Å². The fraction of sp³-hybridized carbons (Fsp3) is 0.222. The minimum absolute atomic E-state index is 0.0686. The van der Waals surface area contributed by atoms with Crippen molar-refractivity contribution in [1.82, 2.24) is 0 Å². The van der Waals surface area contributed by atoms with Crippen molar-refractivity contribution < 1.29 is 23.1 Å². The molecule has 0 saturated carbocycles. The predicted molar refractivity (Wildman–Crippen MR) is 91.0 cm³/mol. The predicted octanol–water partition coefficient (Wildman–Crippen LogP) is 3.88. The highest BCUT2D eigenvalue weighted by atomic mass is 19.2. The molecule has 0 aromatic heterocycles.